The van der Waals surface area contributed by atoms with Gasteiger partial charge in [0.05, 0.1) is 28.8 Å². The fraction of sp³-hybridized carbons (Fsp3) is 0.130. The highest BCUT2D eigenvalue weighted by atomic mass is 16.5. The van der Waals surface area contributed by atoms with Crippen LogP contribution in [0.4, 0.5) is 0 Å². The minimum atomic E-state index is -0.536. The first-order valence-corrected chi connectivity index (χ1v) is 9.18. The van der Waals surface area contributed by atoms with Crippen molar-refractivity contribution in [2.75, 3.05) is 6.61 Å². The van der Waals surface area contributed by atoms with Gasteiger partial charge in [0.15, 0.2) is 0 Å². The van der Waals surface area contributed by atoms with Crippen molar-refractivity contribution in [3.05, 3.63) is 81.6 Å². The van der Waals surface area contributed by atoms with Crippen LogP contribution in [0.1, 0.15) is 28.5 Å². The fourth-order valence-corrected chi connectivity index (χ4v) is 3.55. The van der Waals surface area contributed by atoms with Gasteiger partial charge in [0, 0.05) is 0 Å². The third-order valence-electron chi connectivity index (χ3n) is 4.74. The molecule has 0 fully saturated rings. The van der Waals surface area contributed by atoms with Crippen LogP contribution < -0.4 is 5.43 Å². The first-order valence-electron chi connectivity index (χ1n) is 9.18. The molecule has 0 radical (unpaired) electrons. The van der Waals surface area contributed by atoms with Crippen LogP contribution in [0.25, 0.3) is 27.7 Å². The largest absolute Gasteiger partial charge is 0.462 e. The molecule has 4 rings (SSSR count). The molecular weight excluding hydrogens is 366 g/mol. The Morgan fingerprint density at radius 3 is 2.59 bits per heavy atom. The first-order chi connectivity index (χ1) is 14.1. The molecule has 29 heavy (non-hydrogen) atoms. The van der Waals surface area contributed by atoms with Gasteiger partial charge in [-0.05, 0) is 42.7 Å². The maximum absolute atomic E-state index is 13.1. The summed E-state index contributed by atoms with van der Waals surface area (Å²) in [5.41, 5.74) is 2.68. The van der Waals surface area contributed by atoms with Crippen LogP contribution in [-0.4, -0.2) is 22.4 Å². The van der Waals surface area contributed by atoms with Crippen LogP contribution >= 0.6 is 0 Å². The topological polar surface area (TPSA) is 85.0 Å². The lowest BCUT2D eigenvalue weighted by Crippen LogP contribution is -2.17. The first kappa shape index (κ1) is 18.4. The number of carbonyl (C=O) groups excluding carboxylic acids is 1. The number of nitrogens with zero attached hydrogens (tertiary/aromatic N) is 3. The number of benzene rings is 1. The highest BCUT2D eigenvalue weighted by Crippen LogP contribution is 2.38. The summed E-state index contributed by atoms with van der Waals surface area (Å²) in [7, 11) is 0. The smallest absolute Gasteiger partial charge is 0.340 e. The second kappa shape index (κ2) is 7.21. The van der Waals surface area contributed by atoms with Gasteiger partial charge in [0.2, 0.25) is 11.1 Å². The Morgan fingerprint density at radius 2 is 1.90 bits per heavy atom. The second-order valence-electron chi connectivity index (χ2n) is 6.60. The van der Waals surface area contributed by atoms with Crippen LogP contribution in [0.5, 0.6) is 0 Å². The molecule has 0 bridgehead atoms. The van der Waals surface area contributed by atoms with Gasteiger partial charge in [-0.25, -0.2) is 9.48 Å². The number of rotatable bonds is 3. The number of hydrogen-bond donors (Lipinski definition) is 0. The van der Waals surface area contributed by atoms with Crippen LogP contribution in [0.3, 0.4) is 0 Å². The third kappa shape index (κ3) is 2.93. The van der Waals surface area contributed by atoms with Gasteiger partial charge in [-0.3, -0.25) is 4.79 Å². The van der Waals surface area contributed by atoms with Crippen LogP contribution in [0, 0.1) is 18.3 Å². The van der Waals surface area contributed by atoms with Crippen molar-refractivity contribution in [3.63, 3.8) is 0 Å². The lowest BCUT2D eigenvalue weighted by Gasteiger charge is -2.11. The van der Waals surface area contributed by atoms with Gasteiger partial charge in [0.1, 0.15) is 6.07 Å². The molecule has 0 saturated heterocycles. The Kier molecular flexibility index (Phi) is 4.57. The molecule has 2 aliphatic rings. The minimum Gasteiger partial charge on any atom is -0.462 e. The van der Waals surface area contributed by atoms with E-state index >= 15 is 0 Å². The Hall–Kier alpha value is -3.98. The number of aryl methyl sites for hydroxylation is 1. The van der Waals surface area contributed by atoms with Gasteiger partial charge in [0.25, 0.3) is 0 Å². The molecule has 0 spiro atoms. The summed E-state index contributed by atoms with van der Waals surface area (Å²) >= 11 is 0. The number of aromatic nitrogens is 2. The molecule has 0 atom stereocenters. The predicted molar refractivity (Wildman–Crippen MR) is 109 cm³/mol. The molecule has 6 nitrogen and oxygen atoms in total. The molecule has 1 aromatic heterocycles. The number of carbonyl (C=O) groups is 1. The van der Waals surface area contributed by atoms with Gasteiger partial charge in [-0.1, -0.05) is 42.5 Å². The summed E-state index contributed by atoms with van der Waals surface area (Å²) in [5.74, 6) is -0.536. The zero-order chi connectivity index (χ0) is 20.5. The van der Waals surface area contributed by atoms with Gasteiger partial charge >= 0.3 is 5.97 Å². The molecule has 142 valence electrons. The normalized spacial score (nSPS) is 10.8. The van der Waals surface area contributed by atoms with Crippen molar-refractivity contribution in [2.24, 2.45) is 0 Å². The lowest BCUT2D eigenvalue weighted by molar-refractivity contribution is 0.0529. The van der Waals surface area contributed by atoms with Crippen LogP contribution in [0.15, 0.2) is 59.4 Å². The van der Waals surface area contributed by atoms with Gasteiger partial charge < -0.3 is 4.74 Å². The van der Waals surface area contributed by atoms with Crippen molar-refractivity contribution in [3.8, 4) is 22.9 Å². The quantitative estimate of drug-likeness (QED) is 0.502. The summed E-state index contributed by atoms with van der Waals surface area (Å²) in [6, 6.07) is 18.3. The van der Waals surface area contributed by atoms with Crippen molar-refractivity contribution in [2.45, 2.75) is 13.8 Å². The lowest BCUT2D eigenvalue weighted by atomic mass is 10.1. The molecule has 0 N–H and O–H groups in total. The number of esters is 1. The van der Waals surface area contributed by atoms with E-state index in [0.29, 0.717) is 22.3 Å². The van der Waals surface area contributed by atoms with E-state index in [9.17, 15) is 14.9 Å². The second-order valence-corrected chi connectivity index (χ2v) is 6.60. The Labute approximate surface area is 166 Å². The molecule has 0 amide bonds. The molecule has 2 aliphatic carbocycles. The monoisotopic (exact) mass is 383 g/mol. The van der Waals surface area contributed by atoms with Gasteiger partial charge in [-0.15, -0.1) is 0 Å². The fourth-order valence-electron chi connectivity index (χ4n) is 3.55. The molecule has 1 heterocycles. The summed E-state index contributed by atoms with van der Waals surface area (Å²) in [4.78, 5) is 26.0. The highest BCUT2D eigenvalue weighted by molar-refractivity contribution is 6.17. The molecule has 0 saturated carbocycles. The summed E-state index contributed by atoms with van der Waals surface area (Å²) in [6.07, 6.45) is 0. The Morgan fingerprint density at radius 1 is 1.14 bits per heavy atom. The molecular formula is C23H17N3O3. The molecule has 2 aromatic rings. The van der Waals surface area contributed by atoms with Gasteiger partial charge in [-0.2, -0.15) is 10.4 Å². The van der Waals surface area contributed by atoms with E-state index in [2.05, 4.69) is 5.10 Å². The van der Waals surface area contributed by atoms with Crippen molar-refractivity contribution >= 4 is 16.9 Å². The molecule has 6 heteroatoms. The summed E-state index contributed by atoms with van der Waals surface area (Å²) < 4.78 is 6.79. The Balaban J connectivity index is 2.27. The third-order valence-corrected chi connectivity index (χ3v) is 4.74. The number of fused-ring (bicyclic) bond motifs is 3. The van der Waals surface area contributed by atoms with E-state index in [1.807, 2.05) is 43.3 Å². The molecule has 0 unspecified atom stereocenters. The zero-order valence-corrected chi connectivity index (χ0v) is 16.0. The standard InChI is InChI=1S/C23H17N3O3/c1-3-29-23(28)20-17-11-6-4-5-10-16(17)19-21(20)26(25-18(13-24)22(19)27)15-9-7-8-14(2)12-15/h4-12H,3H2,1-2H3. The number of ether oxygens (including phenoxy) is 1. The maximum atomic E-state index is 13.1. The molecule has 1 aromatic carbocycles. The van der Waals surface area contributed by atoms with Crippen molar-refractivity contribution in [1.29, 1.82) is 5.26 Å². The van der Waals surface area contributed by atoms with Crippen LogP contribution in [0.2, 0.25) is 0 Å². The summed E-state index contributed by atoms with van der Waals surface area (Å²) in [6.45, 7) is 3.86. The average Bonchev–Trinajstić information content (AvgIpc) is 2.85. The predicted octanol–water partition coefficient (Wildman–Crippen LogP) is 3.85. The van der Waals surface area contributed by atoms with E-state index < -0.39 is 11.4 Å². The van der Waals surface area contributed by atoms with Crippen molar-refractivity contribution in [1.82, 2.24) is 9.78 Å². The van der Waals surface area contributed by atoms with Crippen molar-refractivity contribution < 1.29 is 9.53 Å². The Bertz CT molecular complexity index is 1330. The maximum Gasteiger partial charge on any atom is 0.340 e. The molecule has 0 aliphatic heterocycles. The van der Waals surface area contributed by atoms with E-state index in [0.717, 1.165) is 5.56 Å². The zero-order valence-electron chi connectivity index (χ0n) is 16.0. The van der Waals surface area contributed by atoms with E-state index in [1.54, 1.807) is 31.2 Å². The minimum absolute atomic E-state index is 0.199. The average molecular weight is 383 g/mol. The number of hydrogen-bond acceptors (Lipinski definition) is 5. The highest BCUT2D eigenvalue weighted by Gasteiger charge is 2.29. The van der Waals surface area contributed by atoms with E-state index in [4.69, 9.17) is 4.74 Å². The SMILES string of the molecule is CCOC(=O)c1c2cccccc-2c2c(=O)c(C#N)nn(-c3cccc(C)c3)c12. The van der Waals surface area contributed by atoms with Crippen LogP contribution in [-0.2, 0) is 4.74 Å². The summed E-state index contributed by atoms with van der Waals surface area (Å²) in [5, 5.41) is 14.1. The van der Waals surface area contributed by atoms with E-state index in [1.165, 1.54) is 4.68 Å². The number of nitriles is 1. The van der Waals surface area contributed by atoms with E-state index in [-0.39, 0.29) is 23.3 Å².